The van der Waals surface area contributed by atoms with Crippen molar-refractivity contribution in [2.45, 2.75) is 315 Å². The van der Waals surface area contributed by atoms with Gasteiger partial charge in [-0.1, -0.05) is 281 Å². The van der Waals surface area contributed by atoms with Crippen LogP contribution in [0.25, 0.3) is 0 Å². The molecule has 0 fully saturated rings. The lowest BCUT2D eigenvalue weighted by atomic mass is 10.0. The van der Waals surface area contributed by atoms with Gasteiger partial charge in [0.05, 0.1) is 39.9 Å². The van der Waals surface area contributed by atoms with Gasteiger partial charge < -0.3 is 28.8 Å². The second-order valence-corrected chi connectivity index (χ2v) is 23.8. The van der Waals surface area contributed by atoms with Crippen molar-refractivity contribution in [3.8, 4) is 0 Å². The van der Waals surface area contributed by atoms with Gasteiger partial charge in [0.25, 0.3) is 7.82 Å². The molecule has 8 nitrogen and oxygen atoms in total. The topological polar surface area (TPSA) is 108 Å². The van der Waals surface area contributed by atoms with E-state index >= 15 is 0 Å². The minimum Gasteiger partial charge on any atom is -0.756 e. The van der Waals surface area contributed by atoms with E-state index in [1.165, 1.54) is 238 Å². The highest BCUT2D eigenvalue weighted by Crippen LogP contribution is 2.38. The van der Waals surface area contributed by atoms with Gasteiger partial charge in [0.15, 0.2) is 0 Å². The van der Waals surface area contributed by atoms with Gasteiger partial charge >= 0.3 is 0 Å². The third-order valence-corrected chi connectivity index (χ3v) is 15.1. The zero-order chi connectivity index (χ0) is 52.0. The number of likely N-dealkylation sites (N-methyl/N-ethyl adjacent to an activating group) is 1. The fourth-order valence-electron chi connectivity index (χ4n) is 9.25. The smallest absolute Gasteiger partial charge is 0.268 e. The monoisotopic (exact) mass is 1020 g/mol. The number of allylic oxidation sites excluding steroid dienone is 5. The van der Waals surface area contributed by atoms with E-state index in [1.54, 1.807) is 6.08 Å². The summed E-state index contributed by atoms with van der Waals surface area (Å²) in [6.07, 6.45) is 69.4. The predicted molar refractivity (Wildman–Crippen MR) is 307 cm³/mol. The maximum Gasteiger partial charge on any atom is 0.268 e. The summed E-state index contributed by atoms with van der Waals surface area (Å²) in [5, 5.41) is 13.9. The number of hydrogen-bond acceptors (Lipinski definition) is 6. The highest BCUT2D eigenvalue weighted by molar-refractivity contribution is 7.45. The molecule has 3 unspecified atom stereocenters. The number of aliphatic hydroxyl groups excluding tert-OH is 1. The number of carbonyl (C=O) groups is 1. The third-order valence-electron chi connectivity index (χ3n) is 14.1. The van der Waals surface area contributed by atoms with Gasteiger partial charge in [0.1, 0.15) is 13.2 Å². The van der Waals surface area contributed by atoms with Crippen molar-refractivity contribution in [3.63, 3.8) is 0 Å². The Morgan fingerprint density at radius 3 is 1.17 bits per heavy atom. The number of phosphoric acid groups is 1. The van der Waals surface area contributed by atoms with Gasteiger partial charge in [0.2, 0.25) is 5.91 Å². The Morgan fingerprint density at radius 2 is 0.817 bits per heavy atom. The molecule has 0 radical (unpaired) electrons. The average molecular weight is 1020 g/mol. The van der Waals surface area contributed by atoms with Crippen molar-refractivity contribution in [2.24, 2.45) is 0 Å². The van der Waals surface area contributed by atoms with Crippen molar-refractivity contribution in [3.05, 3.63) is 36.5 Å². The summed E-state index contributed by atoms with van der Waals surface area (Å²) < 4.78 is 23.4. The maximum atomic E-state index is 13.0. The first-order chi connectivity index (χ1) is 34.5. The van der Waals surface area contributed by atoms with Crippen LogP contribution >= 0.6 is 7.82 Å². The molecule has 0 saturated carbocycles. The lowest BCUT2D eigenvalue weighted by Crippen LogP contribution is -2.45. The fourth-order valence-corrected chi connectivity index (χ4v) is 9.97. The molecule has 420 valence electrons. The van der Waals surface area contributed by atoms with Crippen LogP contribution in [-0.2, 0) is 18.4 Å². The fraction of sp³-hybridized carbons (Fsp3) is 0.887. The van der Waals surface area contributed by atoms with E-state index in [9.17, 15) is 19.4 Å². The van der Waals surface area contributed by atoms with Crippen LogP contribution in [0.4, 0.5) is 0 Å². The maximum absolute atomic E-state index is 13.0. The number of amides is 1. The number of hydrogen-bond donors (Lipinski definition) is 2. The Balaban J connectivity index is 4.14. The standard InChI is InChI=1S/C62H121N2O6P/c1-6-8-10-12-14-16-18-20-22-24-26-28-30-31-32-33-34-36-38-40-42-44-46-48-50-52-54-56-62(66)63-60(59-70-71(67,68)69-58-57-64(3,4)5)61(65)55-53-51-49-47-45-43-41-39-37-35-29-27-25-23-21-19-17-15-13-11-9-7-2/h18,20,24,26,53,55,60-61,65H,6-17,19,21-23,25,27-52,54,56-59H2,1-5H3,(H-,63,66,67,68)/b20-18-,26-24-,55-53+. The van der Waals surface area contributed by atoms with Crippen molar-refractivity contribution >= 4 is 13.7 Å². The van der Waals surface area contributed by atoms with E-state index < -0.39 is 20.0 Å². The molecule has 9 heteroatoms. The Labute approximate surface area is 442 Å². The summed E-state index contributed by atoms with van der Waals surface area (Å²) in [5.74, 6) is -0.193. The van der Waals surface area contributed by atoms with E-state index in [0.717, 1.165) is 44.9 Å². The van der Waals surface area contributed by atoms with Crippen molar-refractivity contribution in [1.29, 1.82) is 0 Å². The molecule has 0 heterocycles. The second-order valence-electron chi connectivity index (χ2n) is 22.4. The molecule has 0 saturated heterocycles. The molecule has 0 aliphatic carbocycles. The lowest BCUT2D eigenvalue weighted by Gasteiger charge is -2.29. The molecule has 2 N–H and O–H groups in total. The predicted octanol–water partition coefficient (Wildman–Crippen LogP) is 18.3. The minimum absolute atomic E-state index is 0.000269. The summed E-state index contributed by atoms with van der Waals surface area (Å²) >= 11 is 0. The Morgan fingerprint density at radius 1 is 0.493 bits per heavy atom. The number of unbranched alkanes of at least 4 members (excludes halogenated alkanes) is 40. The van der Waals surface area contributed by atoms with E-state index in [4.69, 9.17) is 9.05 Å². The van der Waals surface area contributed by atoms with Gasteiger partial charge in [-0.3, -0.25) is 9.36 Å². The first-order valence-electron chi connectivity index (χ1n) is 30.9. The van der Waals surface area contributed by atoms with Crippen LogP contribution in [0.3, 0.4) is 0 Å². The van der Waals surface area contributed by atoms with Crippen LogP contribution in [0.15, 0.2) is 36.5 Å². The molecule has 0 spiro atoms. The summed E-state index contributed by atoms with van der Waals surface area (Å²) in [6.45, 7) is 4.68. The average Bonchev–Trinajstić information content (AvgIpc) is 3.33. The molecule has 0 aromatic heterocycles. The molecule has 71 heavy (non-hydrogen) atoms. The molecular weight excluding hydrogens is 900 g/mol. The molecule has 0 bridgehead atoms. The van der Waals surface area contributed by atoms with Gasteiger partial charge in [-0.15, -0.1) is 0 Å². The van der Waals surface area contributed by atoms with E-state index in [0.29, 0.717) is 17.4 Å². The van der Waals surface area contributed by atoms with Crippen LogP contribution in [-0.4, -0.2) is 68.5 Å². The summed E-state index contributed by atoms with van der Waals surface area (Å²) in [6, 6.07) is -0.886. The number of aliphatic hydroxyl groups is 1. The summed E-state index contributed by atoms with van der Waals surface area (Å²) in [7, 11) is 1.27. The number of phosphoric ester groups is 1. The van der Waals surface area contributed by atoms with Crippen LogP contribution < -0.4 is 10.2 Å². The lowest BCUT2D eigenvalue weighted by molar-refractivity contribution is -0.870. The molecule has 3 atom stereocenters. The van der Waals surface area contributed by atoms with E-state index in [1.807, 2.05) is 27.2 Å². The van der Waals surface area contributed by atoms with Crippen molar-refractivity contribution in [2.75, 3.05) is 40.9 Å². The Bertz CT molecular complexity index is 1250. The van der Waals surface area contributed by atoms with Gasteiger partial charge in [-0.25, -0.2) is 0 Å². The minimum atomic E-state index is -4.60. The highest BCUT2D eigenvalue weighted by Gasteiger charge is 2.23. The van der Waals surface area contributed by atoms with Crippen LogP contribution in [0.1, 0.15) is 303 Å². The van der Waals surface area contributed by atoms with Crippen molar-refractivity contribution < 1.29 is 32.9 Å². The number of rotatable bonds is 57. The number of quaternary nitrogens is 1. The normalized spacial score (nSPS) is 14.1. The summed E-state index contributed by atoms with van der Waals surface area (Å²) in [4.78, 5) is 25.5. The number of carbonyl (C=O) groups excluding carboxylic acids is 1. The Hall–Kier alpha value is -1.28. The molecule has 0 rings (SSSR count). The van der Waals surface area contributed by atoms with Crippen LogP contribution in [0, 0.1) is 0 Å². The zero-order valence-corrected chi connectivity index (χ0v) is 48.8. The SMILES string of the molecule is CCCCCCC/C=C\C/C=C\CCCCCCCCCCCCCCCCCC(=O)NC(COP(=O)([O-])OCC[N+](C)(C)C)C(O)/C=C/CCCCCCCCCCCCCCCCCCCCCC. The molecule has 1 amide bonds. The zero-order valence-electron chi connectivity index (χ0n) is 47.9. The third kappa shape index (κ3) is 56.3. The van der Waals surface area contributed by atoms with Crippen LogP contribution in [0.5, 0.6) is 0 Å². The first kappa shape index (κ1) is 69.7. The van der Waals surface area contributed by atoms with Crippen LogP contribution in [0.2, 0.25) is 0 Å². The Kier molecular flexibility index (Phi) is 52.6. The van der Waals surface area contributed by atoms with Gasteiger partial charge in [0, 0.05) is 6.42 Å². The molecule has 0 aliphatic heterocycles. The van der Waals surface area contributed by atoms with Gasteiger partial charge in [-0.2, -0.15) is 0 Å². The first-order valence-corrected chi connectivity index (χ1v) is 32.3. The summed E-state index contributed by atoms with van der Waals surface area (Å²) in [5.41, 5.74) is 0. The van der Waals surface area contributed by atoms with E-state index in [2.05, 4.69) is 43.5 Å². The van der Waals surface area contributed by atoms with Crippen molar-refractivity contribution in [1.82, 2.24) is 5.32 Å². The number of nitrogens with zero attached hydrogens (tertiary/aromatic N) is 1. The molecule has 0 aliphatic rings. The largest absolute Gasteiger partial charge is 0.756 e. The van der Waals surface area contributed by atoms with E-state index in [-0.39, 0.29) is 19.1 Å². The van der Waals surface area contributed by atoms with Gasteiger partial charge in [-0.05, 0) is 51.4 Å². The number of nitrogens with one attached hydrogen (secondary N) is 1. The second kappa shape index (κ2) is 53.5. The molecular formula is C62H121N2O6P. The molecule has 0 aromatic carbocycles. The molecule has 0 aromatic rings. The highest BCUT2D eigenvalue weighted by atomic mass is 31.2. The quantitative estimate of drug-likeness (QED) is 0.0272.